The number of nitrogens with zero attached hydrogens (tertiary/aromatic N) is 2. The van der Waals surface area contributed by atoms with E-state index in [1.54, 1.807) is 4.90 Å². The molecule has 6 nitrogen and oxygen atoms in total. The van der Waals surface area contributed by atoms with Crippen LogP contribution in [0.25, 0.3) is 0 Å². The molecule has 1 aromatic carbocycles. The van der Waals surface area contributed by atoms with Gasteiger partial charge in [0.1, 0.15) is 5.75 Å². The average Bonchev–Trinajstić information content (AvgIpc) is 2.24. The highest BCUT2D eigenvalue weighted by molar-refractivity contribution is 5.78. The van der Waals surface area contributed by atoms with E-state index in [-0.39, 0.29) is 18.2 Å². The number of rotatable bonds is 4. The van der Waals surface area contributed by atoms with Crippen molar-refractivity contribution >= 4 is 11.6 Å². The number of non-ortho nitro benzene ring substituents is 1. The first kappa shape index (κ1) is 11.4. The number of benzene rings is 1. The van der Waals surface area contributed by atoms with Gasteiger partial charge in [0.15, 0.2) is 6.61 Å². The second-order valence-corrected chi connectivity index (χ2v) is 3.77. The number of carbonyl (C=O) groups excluding carboxylic acids is 1. The number of likely N-dealkylation sites (tertiary alicyclic amines) is 1. The topological polar surface area (TPSA) is 72.7 Å². The van der Waals surface area contributed by atoms with Gasteiger partial charge in [0, 0.05) is 25.2 Å². The molecule has 0 bridgehead atoms. The fourth-order valence-corrected chi connectivity index (χ4v) is 1.47. The number of hydrogen-bond acceptors (Lipinski definition) is 4. The summed E-state index contributed by atoms with van der Waals surface area (Å²) in [5, 5.41) is 10.4. The van der Waals surface area contributed by atoms with Crippen LogP contribution in [0.2, 0.25) is 0 Å². The van der Waals surface area contributed by atoms with E-state index in [2.05, 4.69) is 0 Å². The fourth-order valence-electron chi connectivity index (χ4n) is 1.47. The fraction of sp³-hybridized carbons (Fsp3) is 0.364. The minimum Gasteiger partial charge on any atom is -0.484 e. The van der Waals surface area contributed by atoms with Crippen LogP contribution in [0.5, 0.6) is 5.75 Å². The van der Waals surface area contributed by atoms with E-state index in [0.29, 0.717) is 5.75 Å². The van der Waals surface area contributed by atoms with E-state index in [1.165, 1.54) is 24.3 Å². The predicted octanol–water partition coefficient (Wildman–Crippen LogP) is 1.21. The SMILES string of the molecule is O=C(COc1ccc([N+](=O)[O-])cc1)N1CCC1. The van der Waals surface area contributed by atoms with Crippen LogP contribution in [-0.4, -0.2) is 35.4 Å². The van der Waals surface area contributed by atoms with Crippen molar-refractivity contribution in [1.29, 1.82) is 0 Å². The summed E-state index contributed by atoms with van der Waals surface area (Å²) in [5.74, 6) is 0.416. The summed E-state index contributed by atoms with van der Waals surface area (Å²) < 4.78 is 5.25. The lowest BCUT2D eigenvalue weighted by Crippen LogP contribution is -2.44. The van der Waals surface area contributed by atoms with Gasteiger partial charge < -0.3 is 9.64 Å². The molecular weight excluding hydrogens is 224 g/mol. The molecule has 0 aromatic heterocycles. The van der Waals surface area contributed by atoms with Crippen molar-refractivity contribution in [2.24, 2.45) is 0 Å². The van der Waals surface area contributed by atoms with E-state index in [0.717, 1.165) is 19.5 Å². The van der Waals surface area contributed by atoms with E-state index in [4.69, 9.17) is 4.74 Å². The average molecular weight is 236 g/mol. The zero-order valence-electron chi connectivity index (χ0n) is 9.17. The van der Waals surface area contributed by atoms with Crippen LogP contribution in [0.3, 0.4) is 0 Å². The van der Waals surface area contributed by atoms with Crippen LogP contribution in [0.4, 0.5) is 5.69 Å². The molecule has 1 fully saturated rings. The highest BCUT2D eigenvalue weighted by atomic mass is 16.6. The molecule has 0 unspecified atom stereocenters. The molecule has 1 aromatic rings. The summed E-state index contributed by atoms with van der Waals surface area (Å²) in [4.78, 5) is 23.1. The third-order valence-electron chi connectivity index (χ3n) is 2.62. The van der Waals surface area contributed by atoms with Gasteiger partial charge in [0.25, 0.3) is 11.6 Å². The number of ether oxygens (including phenoxy) is 1. The standard InChI is InChI=1S/C11H12N2O4/c14-11(12-6-1-7-12)8-17-10-4-2-9(3-5-10)13(15)16/h2-5H,1,6-8H2. The van der Waals surface area contributed by atoms with Crippen molar-refractivity contribution in [2.75, 3.05) is 19.7 Å². The quantitative estimate of drug-likeness (QED) is 0.581. The molecule has 1 aliphatic heterocycles. The Morgan fingerprint density at radius 1 is 1.35 bits per heavy atom. The number of hydrogen-bond donors (Lipinski definition) is 0. The van der Waals surface area contributed by atoms with Gasteiger partial charge in [-0.15, -0.1) is 0 Å². The molecule has 1 amide bonds. The van der Waals surface area contributed by atoms with Crippen molar-refractivity contribution < 1.29 is 14.5 Å². The molecule has 0 spiro atoms. The van der Waals surface area contributed by atoms with Crippen LogP contribution >= 0.6 is 0 Å². The monoisotopic (exact) mass is 236 g/mol. The molecule has 0 atom stereocenters. The molecule has 0 saturated carbocycles. The van der Waals surface area contributed by atoms with Crippen molar-refractivity contribution in [1.82, 2.24) is 4.90 Å². The minimum atomic E-state index is -0.477. The Labute approximate surface area is 97.9 Å². The minimum absolute atomic E-state index is 0.00594. The highest BCUT2D eigenvalue weighted by Crippen LogP contribution is 2.17. The molecule has 90 valence electrons. The Kier molecular flexibility index (Phi) is 3.22. The first-order chi connectivity index (χ1) is 8.16. The predicted molar refractivity (Wildman–Crippen MR) is 59.8 cm³/mol. The van der Waals surface area contributed by atoms with Gasteiger partial charge in [-0.05, 0) is 18.6 Å². The molecular formula is C11H12N2O4. The second kappa shape index (κ2) is 4.82. The highest BCUT2D eigenvalue weighted by Gasteiger charge is 2.20. The van der Waals surface area contributed by atoms with E-state index < -0.39 is 4.92 Å². The van der Waals surface area contributed by atoms with Crippen LogP contribution in [0, 0.1) is 10.1 Å². The van der Waals surface area contributed by atoms with Crippen molar-refractivity contribution in [3.63, 3.8) is 0 Å². The molecule has 17 heavy (non-hydrogen) atoms. The van der Waals surface area contributed by atoms with E-state index in [1.807, 2.05) is 0 Å². The lowest BCUT2D eigenvalue weighted by molar-refractivity contribution is -0.384. The Bertz CT molecular complexity index is 426. The van der Waals surface area contributed by atoms with Gasteiger partial charge in [-0.2, -0.15) is 0 Å². The van der Waals surface area contributed by atoms with Crippen molar-refractivity contribution in [2.45, 2.75) is 6.42 Å². The maximum Gasteiger partial charge on any atom is 0.269 e. The van der Waals surface area contributed by atoms with Gasteiger partial charge >= 0.3 is 0 Å². The van der Waals surface area contributed by atoms with Crippen LogP contribution in [-0.2, 0) is 4.79 Å². The van der Waals surface area contributed by atoms with Crippen LogP contribution in [0.15, 0.2) is 24.3 Å². The lowest BCUT2D eigenvalue weighted by atomic mass is 10.2. The number of nitro benzene ring substituents is 1. The number of amides is 1. The van der Waals surface area contributed by atoms with Gasteiger partial charge in [0.2, 0.25) is 0 Å². The second-order valence-electron chi connectivity index (χ2n) is 3.77. The first-order valence-corrected chi connectivity index (χ1v) is 5.32. The zero-order valence-corrected chi connectivity index (χ0v) is 9.17. The number of carbonyl (C=O) groups is 1. The molecule has 0 radical (unpaired) electrons. The molecule has 1 aliphatic rings. The van der Waals surface area contributed by atoms with Crippen molar-refractivity contribution in [3.05, 3.63) is 34.4 Å². The molecule has 1 saturated heterocycles. The summed E-state index contributed by atoms with van der Waals surface area (Å²) in [6.07, 6.45) is 1.04. The maximum absolute atomic E-state index is 11.5. The summed E-state index contributed by atoms with van der Waals surface area (Å²) in [6.45, 7) is 1.57. The third kappa shape index (κ3) is 2.72. The van der Waals surface area contributed by atoms with Crippen LogP contribution in [0.1, 0.15) is 6.42 Å². The van der Waals surface area contributed by atoms with E-state index in [9.17, 15) is 14.9 Å². The Morgan fingerprint density at radius 2 is 2.00 bits per heavy atom. The lowest BCUT2D eigenvalue weighted by Gasteiger charge is -2.30. The Balaban J connectivity index is 1.86. The first-order valence-electron chi connectivity index (χ1n) is 5.32. The largest absolute Gasteiger partial charge is 0.484 e. The molecule has 0 aliphatic carbocycles. The Morgan fingerprint density at radius 3 is 2.47 bits per heavy atom. The third-order valence-corrected chi connectivity index (χ3v) is 2.62. The molecule has 6 heteroatoms. The van der Waals surface area contributed by atoms with Gasteiger partial charge in [-0.1, -0.05) is 0 Å². The van der Waals surface area contributed by atoms with Crippen molar-refractivity contribution in [3.8, 4) is 5.75 Å². The Hall–Kier alpha value is -2.11. The summed E-state index contributed by atoms with van der Waals surface area (Å²) in [5.41, 5.74) is 0.00594. The molecule has 2 rings (SSSR count). The summed E-state index contributed by atoms with van der Waals surface area (Å²) in [7, 11) is 0. The maximum atomic E-state index is 11.5. The van der Waals surface area contributed by atoms with Gasteiger partial charge in [-0.25, -0.2) is 0 Å². The van der Waals surface area contributed by atoms with Gasteiger partial charge in [0.05, 0.1) is 4.92 Å². The van der Waals surface area contributed by atoms with E-state index >= 15 is 0 Å². The summed E-state index contributed by atoms with van der Waals surface area (Å²) in [6, 6.07) is 5.68. The summed E-state index contributed by atoms with van der Waals surface area (Å²) >= 11 is 0. The zero-order chi connectivity index (χ0) is 12.3. The number of nitro groups is 1. The normalized spacial score (nSPS) is 14.0. The molecule has 1 heterocycles. The molecule has 0 N–H and O–H groups in total. The van der Waals surface area contributed by atoms with Crippen LogP contribution < -0.4 is 4.74 Å². The smallest absolute Gasteiger partial charge is 0.269 e. The van der Waals surface area contributed by atoms with Gasteiger partial charge in [-0.3, -0.25) is 14.9 Å².